The number of anilines is 1. The average molecular weight is 778 g/mol. The molecule has 4 atom stereocenters. The lowest BCUT2D eigenvalue weighted by Gasteiger charge is -2.49. The van der Waals surface area contributed by atoms with E-state index >= 15 is 0 Å². The summed E-state index contributed by atoms with van der Waals surface area (Å²) in [7, 11) is 4.52. The topological polar surface area (TPSA) is 160 Å². The van der Waals surface area contributed by atoms with E-state index in [9.17, 15) is 33.5 Å². The Labute approximate surface area is 314 Å². The number of phenolic OH excluding ortho intramolecular Hbond substituents is 1. The van der Waals surface area contributed by atoms with Gasteiger partial charge in [0.15, 0.2) is 21.2 Å². The molecule has 0 radical (unpaired) electrons. The molecule has 2 aromatic heterocycles. The lowest BCUT2D eigenvalue weighted by atomic mass is 9.64. The van der Waals surface area contributed by atoms with Crippen molar-refractivity contribution in [3.8, 4) is 17.2 Å². The zero-order chi connectivity index (χ0) is 38.4. The number of para-hydroxylation sites is 1. The molecule has 0 unspecified atom stereocenters. The molecule has 3 aromatic carbocycles. The van der Waals surface area contributed by atoms with Crippen molar-refractivity contribution in [3.63, 3.8) is 0 Å². The summed E-state index contributed by atoms with van der Waals surface area (Å²) >= 11 is 14.6. The molecule has 1 saturated heterocycles. The minimum Gasteiger partial charge on any atom is -0.508 e. The lowest BCUT2D eigenvalue weighted by molar-refractivity contribution is -0.122. The maximum Gasteiger partial charge on any atom is 0.347 e. The van der Waals surface area contributed by atoms with Gasteiger partial charge in [-0.2, -0.15) is 0 Å². The first kappa shape index (κ1) is 35.4. The Kier molecular flexibility index (Phi) is 8.15. The third kappa shape index (κ3) is 4.77. The number of halogens is 3. The molecule has 2 amide bonds. The molecule has 1 aliphatic carbocycles. The number of ether oxygens (including phenoxy) is 2. The molecule has 3 aliphatic rings. The summed E-state index contributed by atoms with van der Waals surface area (Å²) in [5.74, 6) is -3.08. The Balaban J connectivity index is 1.22. The number of methoxy groups -OCH3 is 2. The number of imide groups is 1. The number of hydrogen-bond acceptors (Lipinski definition) is 9. The predicted molar refractivity (Wildman–Crippen MR) is 195 cm³/mol. The van der Waals surface area contributed by atoms with E-state index in [0.717, 1.165) is 21.6 Å². The number of aryl methyl sites for hydroxylation is 2. The molecule has 14 nitrogen and oxygen atoms in total. The van der Waals surface area contributed by atoms with Crippen molar-refractivity contribution in [2.45, 2.75) is 47.6 Å². The number of hydrogen-bond donors (Lipinski definition) is 1. The third-order valence-electron chi connectivity index (χ3n) is 10.7. The molecule has 2 fully saturated rings. The van der Waals surface area contributed by atoms with Crippen molar-refractivity contribution >= 4 is 51.7 Å². The highest BCUT2D eigenvalue weighted by Gasteiger charge is 2.76. The van der Waals surface area contributed by atoms with Gasteiger partial charge < -0.3 is 19.1 Å². The number of allylic oxidation sites excluding steroid dienone is 2. The van der Waals surface area contributed by atoms with E-state index < -0.39 is 62.7 Å². The molecule has 4 heterocycles. The molecule has 0 spiro atoms. The molecule has 17 heteroatoms. The van der Waals surface area contributed by atoms with Crippen LogP contribution in [0.4, 0.5) is 10.1 Å². The fourth-order valence-electron chi connectivity index (χ4n) is 8.07. The summed E-state index contributed by atoms with van der Waals surface area (Å²) < 4.78 is 29.4. The number of carbonyl (C=O) groups excluding carboxylic acids is 2. The Morgan fingerprint density at radius 1 is 0.944 bits per heavy atom. The minimum atomic E-state index is -2.22. The highest BCUT2D eigenvalue weighted by Crippen LogP contribution is 2.64. The monoisotopic (exact) mass is 776 g/mol. The van der Waals surface area contributed by atoms with Crippen LogP contribution >= 0.6 is 23.2 Å². The van der Waals surface area contributed by atoms with Gasteiger partial charge in [0, 0.05) is 50.0 Å². The first-order valence-corrected chi connectivity index (χ1v) is 17.6. The van der Waals surface area contributed by atoms with Crippen LogP contribution in [0.2, 0.25) is 0 Å². The Morgan fingerprint density at radius 3 is 2.31 bits per heavy atom. The van der Waals surface area contributed by atoms with E-state index in [0.29, 0.717) is 28.1 Å². The van der Waals surface area contributed by atoms with Gasteiger partial charge in [-0.15, -0.1) is 23.2 Å². The molecule has 1 N–H and O–H groups in total. The van der Waals surface area contributed by atoms with Crippen LogP contribution in [0.3, 0.4) is 0 Å². The van der Waals surface area contributed by atoms with Crippen LogP contribution in [0.1, 0.15) is 29.6 Å². The minimum absolute atomic E-state index is 0.0279. The number of rotatable bonds is 7. The van der Waals surface area contributed by atoms with Crippen molar-refractivity contribution in [2.75, 3.05) is 19.1 Å². The largest absolute Gasteiger partial charge is 0.508 e. The molecule has 54 heavy (non-hydrogen) atoms. The second-order valence-corrected chi connectivity index (χ2v) is 14.6. The molecule has 8 rings (SSSR count). The normalized spacial score (nSPS) is 23.2. The zero-order valence-electron chi connectivity index (χ0n) is 29.0. The number of carbonyl (C=O) groups is 2. The van der Waals surface area contributed by atoms with E-state index in [1.165, 1.54) is 46.3 Å². The van der Waals surface area contributed by atoms with E-state index in [2.05, 4.69) is 4.98 Å². The lowest BCUT2D eigenvalue weighted by Crippen LogP contribution is -2.59. The standard InChI is InChI=1S/C37H31Cl2FN6O8/c1-42-25-17-29(54-3)28(53-2)16-24(25)41-23(31(42)48)13-14-43-34(51)44-15-12-21-26(46(44)35(43)52)18-36(38)32(49)45(20-10-8-19(40)9-11-20)33(50)37(36,39)30(21)22-6-4-5-7-27(22)47/h4-12,16-17,26,30,47H,13-15,18H2,1-3H3/t26-,30-,36-,37+/m1/s1. The first-order chi connectivity index (χ1) is 25.8. The smallest absolute Gasteiger partial charge is 0.347 e. The molecular formula is C37H31Cl2FN6O8. The van der Waals surface area contributed by atoms with Gasteiger partial charge in [-0.3, -0.25) is 14.4 Å². The van der Waals surface area contributed by atoms with Crippen LogP contribution in [0, 0.1) is 5.82 Å². The van der Waals surface area contributed by atoms with Gasteiger partial charge >= 0.3 is 11.4 Å². The number of aromatic hydroxyl groups is 1. The molecule has 1 saturated carbocycles. The SMILES string of the molecule is COc1cc2nc(CCn3c(=O)n4n(c3=O)[C@@H]3C[C@@]5(Cl)C(=O)N(c6ccc(F)cc6)C(=O)[C@@]5(Cl)[C@@H](c5ccccc5O)C3=CC4)c(=O)n(C)c2cc1OC. The van der Waals surface area contributed by atoms with Crippen LogP contribution < -0.4 is 31.3 Å². The van der Waals surface area contributed by atoms with Gasteiger partial charge in [0.25, 0.3) is 17.4 Å². The van der Waals surface area contributed by atoms with E-state index in [-0.39, 0.29) is 42.2 Å². The van der Waals surface area contributed by atoms with Gasteiger partial charge in [-0.05, 0) is 35.9 Å². The fraction of sp³-hybridized carbons (Fsp3) is 0.297. The highest BCUT2D eigenvalue weighted by molar-refractivity contribution is 6.58. The molecule has 278 valence electrons. The maximum absolute atomic E-state index is 14.4. The average Bonchev–Trinajstić information content (AvgIpc) is 3.49. The molecular weight excluding hydrogens is 746 g/mol. The number of aromatic nitrogens is 5. The summed E-state index contributed by atoms with van der Waals surface area (Å²) in [6.45, 7) is -0.349. The van der Waals surface area contributed by atoms with Gasteiger partial charge in [0.05, 0.1) is 43.5 Å². The second-order valence-electron chi connectivity index (χ2n) is 13.4. The maximum atomic E-state index is 14.4. The summed E-state index contributed by atoms with van der Waals surface area (Å²) in [4.78, 5) is 71.3. The van der Waals surface area contributed by atoms with Crippen LogP contribution in [-0.4, -0.2) is 64.4 Å². The number of benzene rings is 3. The third-order valence-corrected chi connectivity index (χ3v) is 12.1. The molecule has 0 bridgehead atoms. The second kappa shape index (κ2) is 12.5. The summed E-state index contributed by atoms with van der Waals surface area (Å²) in [5, 5.41) is 11.1. The van der Waals surface area contributed by atoms with Gasteiger partial charge in [-0.1, -0.05) is 24.3 Å². The Morgan fingerprint density at radius 2 is 1.63 bits per heavy atom. The number of alkyl halides is 2. The van der Waals surface area contributed by atoms with Crippen molar-refractivity contribution in [3.05, 3.63) is 121 Å². The molecule has 5 aromatic rings. The van der Waals surface area contributed by atoms with Crippen molar-refractivity contribution < 1.29 is 28.6 Å². The van der Waals surface area contributed by atoms with Crippen molar-refractivity contribution in [1.29, 1.82) is 0 Å². The quantitative estimate of drug-likeness (QED) is 0.149. The van der Waals surface area contributed by atoms with Gasteiger partial charge in [-0.25, -0.2) is 37.8 Å². The van der Waals surface area contributed by atoms with Crippen molar-refractivity contribution in [1.82, 2.24) is 23.5 Å². The van der Waals surface area contributed by atoms with Crippen LogP contribution in [0.25, 0.3) is 11.0 Å². The highest BCUT2D eigenvalue weighted by atomic mass is 35.5. The fourth-order valence-corrected chi connectivity index (χ4v) is 8.97. The predicted octanol–water partition coefficient (Wildman–Crippen LogP) is 3.36. The summed E-state index contributed by atoms with van der Waals surface area (Å²) in [6, 6.07) is 13.0. The van der Waals surface area contributed by atoms with E-state index in [1.54, 1.807) is 43.5 Å². The van der Waals surface area contributed by atoms with Gasteiger partial charge in [0.2, 0.25) is 0 Å². The zero-order valence-corrected chi connectivity index (χ0v) is 30.5. The number of fused-ring (bicyclic) bond motifs is 5. The van der Waals surface area contributed by atoms with Gasteiger partial charge in [0.1, 0.15) is 17.3 Å². The summed E-state index contributed by atoms with van der Waals surface area (Å²) in [6.07, 6.45) is 1.16. The van der Waals surface area contributed by atoms with E-state index in [1.807, 2.05) is 0 Å². The number of nitrogens with zero attached hydrogens (tertiary/aromatic N) is 6. The Bertz CT molecular complexity index is 2650. The van der Waals surface area contributed by atoms with Crippen LogP contribution in [0.15, 0.2) is 86.7 Å². The van der Waals surface area contributed by atoms with E-state index in [4.69, 9.17) is 32.7 Å². The number of phenols is 1. The van der Waals surface area contributed by atoms with Crippen molar-refractivity contribution in [2.24, 2.45) is 7.05 Å². The van der Waals surface area contributed by atoms with Crippen LogP contribution in [0.5, 0.6) is 17.2 Å². The first-order valence-electron chi connectivity index (χ1n) is 16.8. The summed E-state index contributed by atoms with van der Waals surface area (Å²) in [5.41, 5.74) is -0.292. The Hall–Kier alpha value is -5.67. The molecule has 2 aliphatic heterocycles. The number of amides is 2. The van der Waals surface area contributed by atoms with Crippen LogP contribution in [-0.2, 0) is 36.1 Å².